The van der Waals surface area contributed by atoms with Crippen molar-refractivity contribution < 1.29 is 24.1 Å². The molecule has 4 aromatic rings. The summed E-state index contributed by atoms with van der Waals surface area (Å²) in [6, 6.07) is 30.5. The van der Waals surface area contributed by atoms with Crippen molar-refractivity contribution in [2.24, 2.45) is 4.99 Å². The standard InChI is InChI=1S/C20H20N4O2.2C9H11NO/c1-14-3-7-16(8-4-14)22-19(25)12-24-13-21-11-18(24)20(26)23-17-9-5-15(2)6-10-17;2*1-7-3-5-9(6-4-7)10-8(2)11/h3-11,13H,12H2,1-2H3,(H,22,25)(H,23,26);2*3-6H,1-2H3,(H,10,11)/p+1. The zero-order valence-electron chi connectivity index (χ0n) is 28.2. The van der Waals surface area contributed by atoms with Crippen LogP contribution in [-0.4, -0.2) is 36.5 Å². The molecule has 0 saturated heterocycles. The Kier molecular flexibility index (Phi) is 14.0. The zero-order valence-corrected chi connectivity index (χ0v) is 28.2. The number of nitrogens with zero attached hydrogens (tertiary/aromatic N) is 1. The molecular weight excluding hydrogens is 604 g/mol. The molecule has 0 radical (unpaired) electrons. The van der Waals surface area contributed by atoms with Crippen LogP contribution in [0, 0.1) is 27.7 Å². The summed E-state index contributed by atoms with van der Waals surface area (Å²) in [6.45, 7) is 11.1. The Balaban J connectivity index is 0.000000233. The molecule has 4 aromatic carbocycles. The van der Waals surface area contributed by atoms with Crippen LogP contribution in [-0.2, 0) is 19.2 Å². The van der Waals surface area contributed by atoms with Crippen molar-refractivity contribution in [1.29, 1.82) is 0 Å². The van der Waals surface area contributed by atoms with Crippen molar-refractivity contribution in [3.8, 4) is 0 Å². The molecule has 4 amide bonds. The smallest absolute Gasteiger partial charge is 0.311 e. The van der Waals surface area contributed by atoms with Gasteiger partial charge < -0.3 is 21.3 Å². The van der Waals surface area contributed by atoms with Gasteiger partial charge in [0.1, 0.15) is 0 Å². The SMILES string of the molecule is CC(=O)Nc1ccc(C)cc1.CC(=O)Nc1ccc(C)cc1.Cc1ccc(NC(=O)C[NH+]2C=NC=C2C(=O)Nc2ccc(C)cc2)cc1. The molecule has 0 spiro atoms. The lowest BCUT2D eigenvalue weighted by Crippen LogP contribution is -3.10. The third-order valence-electron chi connectivity index (χ3n) is 6.76. The monoisotopic (exact) mass is 647 g/mol. The summed E-state index contributed by atoms with van der Waals surface area (Å²) < 4.78 is 0. The van der Waals surface area contributed by atoms with Gasteiger partial charge in [0.05, 0.1) is 6.20 Å². The van der Waals surface area contributed by atoms with Gasteiger partial charge in [-0.15, -0.1) is 0 Å². The summed E-state index contributed by atoms with van der Waals surface area (Å²) in [6.07, 6.45) is 3.04. The van der Waals surface area contributed by atoms with E-state index in [1.165, 1.54) is 31.2 Å². The highest BCUT2D eigenvalue weighted by Crippen LogP contribution is 2.11. The summed E-state index contributed by atoms with van der Waals surface area (Å²) in [4.78, 5) is 50.5. The number of quaternary nitrogens is 1. The van der Waals surface area contributed by atoms with E-state index in [-0.39, 0.29) is 30.2 Å². The minimum Gasteiger partial charge on any atom is -0.326 e. The molecule has 0 saturated carbocycles. The van der Waals surface area contributed by atoms with Gasteiger partial charge in [-0.25, -0.2) is 9.89 Å². The highest BCUT2D eigenvalue weighted by Gasteiger charge is 2.28. The molecular formula is C38H43N6O4+. The fraction of sp³-hybridized carbons (Fsp3) is 0.184. The Hall–Kier alpha value is -5.87. The molecule has 0 bridgehead atoms. The van der Waals surface area contributed by atoms with Crippen LogP contribution in [0.4, 0.5) is 22.7 Å². The van der Waals surface area contributed by atoms with Crippen LogP contribution in [0.1, 0.15) is 36.1 Å². The average molecular weight is 648 g/mol. The predicted octanol–water partition coefficient (Wildman–Crippen LogP) is 5.56. The second kappa shape index (κ2) is 18.3. The second-order valence-corrected chi connectivity index (χ2v) is 11.4. The summed E-state index contributed by atoms with van der Waals surface area (Å²) in [7, 11) is 0. The highest BCUT2D eigenvalue weighted by molar-refractivity contribution is 6.03. The lowest BCUT2D eigenvalue weighted by Gasteiger charge is -2.13. The first-order chi connectivity index (χ1) is 22.9. The third-order valence-corrected chi connectivity index (χ3v) is 6.76. The number of carbonyl (C=O) groups is 4. The number of anilines is 4. The van der Waals surface area contributed by atoms with Crippen molar-refractivity contribution in [3.63, 3.8) is 0 Å². The molecule has 0 aliphatic carbocycles. The maximum Gasteiger partial charge on any atom is 0.311 e. The summed E-state index contributed by atoms with van der Waals surface area (Å²) in [5.74, 6) is -0.529. The largest absolute Gasteiger partial charge is 0.326 e. The average Bonchev–Trinajstić information content (AvgIpc) is 3.50. The lowest BCUT2D eigenvalue weighted by atomic mass is 10.2. The zero-order chi connectivity index (χ0) is 35.1. The minimum absolute atomic E-state index is 0.0335. The van der Waals surface area contributed by atoms with Crippen LogP contribution in [0.3, 0.4) is 0 Å². The molecule has 248 valence electrons. The van der Waals surface area contributed by atoms with E-state index in [0.717, 1.165) is 28.2 Å². The van der Waals surface area contributed by atoms with E-state index in [1.807, 2.05) is 125 Å². The van der Waals surface area contributed by atoms with Crippen LogP contribution >= 0.6 is 0 Å². The number of rotatable bonds is 7. The first kappa shape index (κ1) is 36.6. The predicted molar refractivity (Wildman–Crippen MR) is 193 cm³/mol. The molecule has 1 heterocycles. The van der Waals surface area contributed by atoms with E-state index in [9.17, 15) is 19.2 Å². The number of hydrogen-bond donors (Lipinski definition) is 5. The van der Waals surface area contributed by atoms with Crippen molar-refractivity contribution in [3.05, 3.63) is 131 Å². The molecule has 1 unspecified atom stereocenters. The van der Waals surface area contributed by atoms with Crippen LogP contribution in [0.25, 0.3) is 0 Å². The normalized spacial score (nSPS) is 12.6. The number of aryl methyl sites for hydroxylation is 4. The van der Waals surface area contributed by atoms with Gasteiger partial charge in [-0.1, -0.05) is 70.8 Å². The number of nitrogens with one attached hydrogen (secondary N) is 5. The van der Waals surface area contributed by atoms with Gasteiger partial charge in [0.15, 0.2) is 12.9 Å². The molecule has 5 rings (SSSR count). The van der Waals surface area contributed by atoms with Crippen molar-refractivity contribution >= 4 is 52.7 Å². The maximum absolute atomic E-state index is 12.5. The second-order valence-electron chi connectivity index (χ2n) is 11.4. The topological polar surface area (TPSA) is 133 Å². The third kappa shape index (κ3) is 13.2. The van der Waals surface area contributed by atoms with E-state index < -0.39 is 0 Å². The van der Waals surface area contributed by atoms with E-state index in [1.54, 1.807) is 6.34 Å². The van der Waals surface area contributed by atoms with E-state index in [4.69, 9.17) is 0 Å². The van der Waals surface area contributed by atoms with Gasteiger partial charge in [-0.05, 0) is 76.2 Å². The van der Waals surface area contributed by atoms with Crippen molar-refractivity contribution in [2.45, 2.75) is 41.5 Å². The number of hydrogen-bond acceptors (Lipinski definition) is 5. The number of benzene rings is 4. The fourth-order valence-corrected chi connectivity index (χ4v) is 4.23. The summed E-state index contributed by atoms with van der Waals surface area (Å²) in [5, 5.41) is 11.0. The van der Waals surface area contributed by atoms with Crippen molar-refractivity contribution in [2.75, 3.05) is 27.8 Å². The number of aliphatic imine (C=N–C) groups is 1. The van der Waals surface area contributed by atoms with Gasteiger partial charge >= 0.3 is 5.91 Å². The fourth-order valence-electron chi connectivity index (χ4n) is 4.23. The van der Waals surface area contributed by atoms with Gasteiger partial charge in [-0.3, -0.25) is 19.2 Å². The number of carbonyl (C=O) groups excluding carboxylic acids is 4. The molecule has 0 aromatic heterocycles. The molecule has 1 atom stereocenters. The summed E-state index contributed by atoms with van der Waals surface area (Å²) in [5.41, 5.74) is 8.17. The Morgan fingerprint density at radius 1 is 0.521 bits per heavy atom. The molecule has 1 aliphatic heterocycles. The lowest BCUT2D eigenvalue weighted by molar-refractivity contribution is -0.736. The van der Waals surface area contributed by atoms with Gasteiger partial charge in [0.2, 0.25) is 17.5 Å². The van der Waals surface area contributed by atoms with Crippen LogP contribution in [0.5, 0.6) is 0 Å². The Labute approximate surface area is 282 Å². The first-order valence-electron chi connectivity index (χ1n) is 15.4. The van der Waals surface area contributed by atoms with Crippen LogP contribution in [0.15, 0.2) is 114 Å². The van der Waals surface area contributed by atoms with Gasteiger partial charge in [0.25, 0.3) is 5.91 Å². The Bertz CT molecular complexity index is 1690. The molecule has 48 heavy (non-hydrogen) atoms. The van der Waals surface area contributed by atoms with Gasteiger partial charge in [-0.2, -0.15) is 0 Å². The van der Waals surface area contributed by atoms with Crippen LogP contribution < -0.4 is 26.2 Å². The van der Waals surface area contributed by atoms with E-state index in [2.05, 4.69) is 26.3 Å². The van der Waals surface area contributed by atoms with E-state index >= 15 is 0 Å². The molecule has 1 aliphatic rings. The van der Waals surface area contributed by atoms with Crippen molar-refractivity contribution in [1.82, 2.24) is 0 Å². The highest BCUT2D eigenvalue weighted by atomic mass is 16.2. The molecule has 10 nitrogen and oxygen atoms in total. The quantitative estimate of drug-likeness (QED) is 0.180. The molecule has 10 heteroatoms. The molecule has 0 fully saturated rings. The van der Waals surface area contributed by atoms with Gasteiger partial charge in [0, 0.05) is 36.6 Å². The van der Waals surface area contributed by atoms with E-state index in [0.29, 0.717) is 16.3 Å². The Morgan fingerprint density at radius 3 is 1.21 bits per heavy atom. The Morgan fingerprint density at radius 2 is 0.854 bits per heavy atom. The maximum atomic E-state index is 12.5. The minimum atomic E-state index is -0.274. The first-order valence-corrected chi connectivity index (χ1v) is 15.4. The summed E-state index contributed by atoms with van der Waals surface area (Å²) >= 11 is 0. The number of amides is 4. The van der Waals surface area contributed by atoms with Crippen LogP contribution in [0.2, 0.25) is 0 Å². The molecule has 5 N–H and O–H groups in total.